The number of carbonyl (C=O) groups is 1. The molecule has 1 atom stereocenters. The molecule has 1 unspecified atom stereocenters. The van der Waals surface area contributed by atoms with Gasteiger partial charge in [-0.05, 0) is 13.0 Å². The third-order valence-corrected chi connectivity index (χ3v) is 3.09. The average molecular weight is 277 g/mol. The second-order valence-electron chi connectivity index (χ2n) is 2.65. The van der Waals surface area contributed by atoms with Crippen LogP contribution in [0.1, 0.15) is 17.3 Å². The fourth-order valence-corrected chi connectivity index (χ4v) is 1.66. The van der Waals surface area contributed by atoms with Gasteiger partial charge in [0.25, 0.3) is 0 Å². The molecular weight excluding hydrogens is 268 g/mol. The van der Waals surface area contributed by atoms with Gasteiger partial charge in [-0.1, -0.05) is 28.1 Å². The molecule has 0 aromatic heterocycles. The second-order valence-corrected chi connectivity index (χ2v) is 4.96. The van der Waals surface area contributed by atoms with Crippen molar-refractivity contribution >= 4 is 47.0 Å². The van der Waals surface area contributed by atoms with Gasteiger partial charge in [0, 0.05) is 15.4 Å². The fourth-order valence-electron chi connectivity index (χ4n) is 0.944. The van der Waals surface area contributed by atoms with Gasteiger partial charge in [-0.2, -0.15) is 0 Å². The van der Waals surface area contributed by atoms with Crippen LogP contribution in [0.15, 0.2) is 28.0 Å². The number of alkyl halides is 1. The molecule has 0 saturated heterocycles. The molecule has 4 heteroatoms. The van der Waals surface area contributed by atoms with Crippen molar-refractivity contribution in [1.29, 1.82) is 0 Å². The van der Waals surface area contributed by atoms with E-state index in [-0.39, 0.29) is 10.6 Å². The Morgan fingerprint density at radius 1 is 1.46 bits per heavy atom. The summed E-state index contributed by atoms with van der Waals surface area (Å²) in [6, 6.07) is 5.36. The van der Waals surface area contributed by atoms with Crippen molar-refractivity contribution in [2.45, 2.75) is 21.5 Å². The molecule has 70 valence electrons. The van der Waals surface area contributed by atoms with Gasteiger partial charge in [-0.25, -0.2) is 0 Å². The lowest BCUT2D eigenvalue weighted by Crippen LogP contribution is -2.10. The van der Waals surface area contributed by atoms with Gasteiger partial charge in [0.1, 0.15) is 0 Å². The predicted octanol–water partition coefficient (Wildman–Crippen LogP) is 3.23. The first kappa shape index (κ1) is 11.1. The van der Waals surface area contributed by atoms with Gasteiger partial charge in [0.05, 0.1) is 4.83 Å². The Morgan fingerprint density at radius 3 is 2.62 bits per heavy atom. The minimum absolute atomic E-state index is 0.0286. The highest BCUT2D eigenvalue weighted by molar-refractivity contribution is 9.10. The maximum absolute atomic E-state index is 11.6. The number of rotatable bonds is 2. The van der Waals surface area contributed by atoms with Crippen LogP contribution in [-0.2, 0) is 0 Å². The smallest absolute Gasteiger partial charge is 0.177 e. The fraction of sp³-hybridized carbons (Fsp3) is 0.222. The molecule has 0 spiro atoms. The largest absolute Gasteiger partial charge is 0.293 e. The summed E-state index contributed by atoms with van der Waals surface area (Å²) < 4.78 is 0. The van der Waals surface area contributed by atoms with Crippen molar-refractivity contribution in [2.24, 2.45) is 0 Å². The van der Waals surface area contributed by atoms with Crippen molar-refractivity contribution in [2.75, 3.05) is 0 Å². The van der Waals surface area contributed by atoms with Crippen LogP contribution < -0.4 is 0 Å². The van der Waals surface area contributed by atoms with E-state index in [1.165, 1.54) is 0 Å². The molecule has 0 radical (unpaired) electrons. The van der Waals surface area contributed by atoms with E-state index in [4.69, 9.17) is 0 Å². The quantitative estimate of drug-likeness (QED) is 0.482. The van der Waals surface area contributed by atoms with Crippen LogP contribution in [0.4, 0.5) is 0 Å². The Hall–Kier alpha value is 0.0700. The zero-order chi connectivity index (χ0) is 10.0. The molecule has 0 bridgehead atoms. The summed E-state index contributed by atoms with van der Waals surface area (Å²) in [5.41, 5.74) is 0.611. The summed E-state index contributed by atoms with van der Waals surface area (Å²) in [7, 11) is 0. The summed E-state index contributed by atoms with van der Waals surface area (Å²) in [6.07, 6.45) is 0. The van der Waals surface area contributed by atoms with Crippen molar-refractivity contribution in [3.63, 3.8) is 0 Å². The summed E-state index contributed by atoms with van der Waals surface area (Å²) in [4.78, 5) is 12.8. The molecule has 1 nitrogen and oxygen atoms in total. The molecule has 0 aliphatic rings. The Labute approximate surface area is 96.9 Å². The van der Waals surface area contributed by atoms with Gasteiger partial charge in [0.2, 0.25) is 0 Å². The van der Waals surface area contributed by atoms with E-state index < -0.39 is 0 Å². The van der Waals surface area contributed by atoms with E-state index in [0.29, 0.717) is 10.5 Å². The van der Waals surface area contributed by atoms with Gasteiger partial charge < -0.3 is 0 Å². The maximum Gasteiger partial charge on any atom is 0.177 e. The van der Waals surface area contributed by atoms with Crippen molar-refractivity contribution in [3.8, 4) is 0 Å². The number of ketones is 1. The van der Waals surface area contributed by atoms with Crippen LogP contribution in [0.3, 0.4) is 0 Å². The van der Waals surface area contributed by atoms with Crippen LogP contribution in [0.5, 0.6) is 0 Å². The van der Waals surface area contributed by atoms with Crippen molar-refractivity contribution in [3.05, 3.63) is 23.8 Å². The summed E-state index contributed by atoms with van der Waals surface area (Å²) in [5.74, 6) is 0.0286. The molecule has 0 N–H and O–H groups in total. The SMILES string of the molecule is CC(Br)C(=O)c1cccc(S)c1S. The lowest BCUT2D eigenvalue weighted by molar-refractivity contribution is 0.0992. The third-order valence-electron chi connectivity index (χ3n) is 1.64. The summed E-state index contributed by atoms with van der Waals surface area (Å²) in [6.45, 7) is 1.79. The van der Waals surface area contributed by atoms with E-state index in [0.717, 1.165) is 4.90 Å². The van der Waals surface area contributed by atoms with E-state index in [1.807, 2.05) is 0 Å². The first-order chi connectivity index (χ1) is 6.04. The minimum Gasteiger partial charge on any atom is -0.293 e. The lowest BCUT2D eigenvalue weighted by atomic mass is 10.1. The average Bonchev–Trinajstić information content (AvgIpc) is 2.08. The normalized spacial score (nSPS) is 12.6. The highest BCUT2D eigenvalue weighted by atomic mass is 79.9. The van der Waals surface area contributed by atoms with E-state index in [1.54, 1.807) is 25.1 Å². The van der Waals surface area contributed by atoms with E-state index in [9.17, 15) is 4.79 Å². The lowest BCUT2D eigenvalue weighted by Gasteiger charge is -2.07. The Kier molecular flexibility index (Phi) is 3.88. The van der Waals surface area contributed by atoms with Crippen LogP contribution >= 0.6 is 41.2 Å². The topological polar surface area (TPSA) is 17.1 Å². The molecule has 13 heavy (non-hydrogen) atoms. The van der Waals surface area contributed by atoms with Crippen molar-refractivity contribution < 1.29 is 4.79 Å². The highest BCUT2D eigenvalue weighted by Crippen LogP contribution is 2.24. The van der Waals surface area contributed by atoms with Gasteiger partial charge in [-0.15, -0.1) is 25.3 Å². The Balaban J connectivity index is 3.15. The molecule has 1 rings (SSSR count). The van der Waals surface area contributed by atoms with Gasteiger partial charge >= 0.3 is 0 Å². The maximum atomic E-state index is 11.6. The number of halogens is 1. The Morgan fingerprint density at radius 2 is 2.08 bits per heavy atom. The predicted molar refractivity (Wildman–Crippen MR) is 63.7 cm³/mol. The Bertz CT molecular complexity index is 336. The van der Waals surface area contributed by atoms with Gasteiger partial charge in [-0.3, -0.25) is 4.79 Å². The molecule has 0 amide bonds. The molecule has 0 heterocycles. The first-order valence-electron chi connectivity index (χ1n) is 3.73. The molecule has 0 saturated carbocycles. The number of benzene rings is 1. The monoisotopic (exact) mass is 276 g/mol. The zero-order valence-electron chi connectivity index (χ0n) is 6.99. The first-order valence-corrected chi connectivity index (χ1v) is 5.54. The van der Waals surface area contributed by atoms with Crippen molar-refractivity contribution in [1.82, 2.24) is 0 Å². The number of carbonyl (C=O) groups excluding carboxylic acids is 1. The standard InChI is InChI=1S/C9H9BrOS2/c1-5(10)8(11)6-3-2-4-7(12)9(6)13/h2-5,12-13H,1H3. The number of Topliss-reactive ketones (excluding diaryl/α,β-unsaturated/α-hetero) is 1. The molecule has 1 aromatic rings. The molecule has 0 aliphatic heterocycles. The second kappa shape index (κ2) is 4.53. The number of hydrogen-bond donors (Lipinski definition) is 2. The number of hydrogen-bond acceptors (Lipinski definition) is 3. The van der Waals surface area contributed by atoms with E-state index in [2.05, 4.69) is 41.2 Å². The molecule has 0 aliphatic carbocycles. The molecular formula is C9H9BrOS2. The van der Waals surface area contributed by atoms with Gasteiger partial charge in [0.15, 0.2) is 5.78 Å². The molecule has 0 fully saturated rings. The van der Waals surface area contributed by atoms with Crippen LogP contribution in [-0.4, -0.2) is 10.6 Å². The van der Waals surface area contributed by atoms with Crippen LogP contribution in [0.2, 0.25) is 0 Å². The molecule has 1 aromatic carbocycles. The highest BCUT2D eigenvalue weighted by Gasteiger charge is 2.15. The minimum atomic E-state index is -0.187. The zero-order valence-corrected chi connectivity index (χ0v) is 10.4. The van der Waals surface area contributed by atoms with E-state index >= 15 is 0 Å². The number of thiol groups is 2. The van der Waals surface area contributed by atoms with Crippen LogP contribution in [0.25, 0.3) is 0 Å². The summed E-state index contributed by atoms with van der Waals surface area (Å²) in [5, 5.41) is 0. The third kappa shape index (κ3) is 2.51. The summed E-state index contributed by atoms with van der Waals surface area (Å²) >= 11 is 11.6. The van der Waals surface area contributed by atoms with Crippen LogP contribution in [0, 0.1) is 0 Å².